The molecule has 0 unspecified atom stereocenters. The minimum atomic E-state index is -3.36. The van der Waals surface area contributed by atoms with Gasteiger partial charge in [-0.25, -0.2) is 13.2 Å². The molecule has 8 heteroatoms. The molecule has 0 aliphatic carbocycles. The number of hydrogen-bond donors (Lipinski definition) is 1. The molecular formula is C10H13NO6S. The Kier molecular flexibility index (Phi) is 3.67. The summed E-state index contributed by atoms with van der Waals surface area (Å²) in [5.74, 6) is -1.51. The van der Waals surface area contributed by atoms with Gasteiger partial charge in [0.2, 0.25) is 0 Å². The van der Waals surface area contributed by atoms with Crippen molar-refractivity contribution in [2.45, 2.75) is 23.8 Å². The van der Waals surface area contributed by atoms with E-state index >= 15 is 0 Å². The summed E-state index contributed by atoms with van der Waals surface area (Å²) in [6.07, 6.45) is 0.921. The smallest absolute Gasteiger partial charge is 0.358 e. The Labute approximate surface area is 104 Å². The van der Waals surface area contributed by atoms with E-state index in [4.69, 9.17) is 14.4 Å². The first-order valence-electron chi connectivity index (χ1n) is 5.47. The molecule has 2 rings (SSSR count). The molecule has 18 heavy (non-hydrogen) atoms. The number of nitrogens with zero attached hydrogens (tertiary/aromatic N) is 1. The number of carboxylic acid groups (broad SMARTS) is 1. The number of hydrogen-bond acceptors (Lipinski definition) is 6. The van der Waals surface area contributed by atoms with Gasteiger partial charge in [-0.05, 0) is 12.8 Å². The van der Waals surface area contributed by atoms with E-state index in [0.29, 0.717) is 26.1 Å². The van der Waals surface area contributed by atoms with Gasteiger partial charge in [0.1, 0.15) is 5.75 Å². The summed E-state index contributed by atoms with van der Waals surface area (Å²) in [7, 11) is -3.36. The van der Waals surface area contributed by atoms with E-state index in [0.717, 1.165) is 6.07 Å². The van der Waals surface area contributed by atoms with Crippen LogP contribution in [0.1, 0.15) is 29.1 Å². The van der Waals surface area contributed by atoms with Gasteiger partial charge in [0.15, 0.2) is 21.3 Å². The highest BCUT2D eigenvalue weighted by Crippen LogP contribution is 2.20. The van der Waals surface area contributed by atoms with Crippen LogP contribution in [0.2, 0.25) is 0 Å². The van der Waals surface area contributed by atoms with Crippen LogP contribution in [0.4, 0.5) is 0 Å². The zero-order chi connectivity index (χ0) is 13.2. The van der Waals surface area contributed by atoms with E-state index in [2.05, 4.69) is 5.16 Å². The Morgan fingerprint density at radius 3 is 2.67 bits per heavy atom. The lowest BCUT2D eigenvalue weighted by Gasteiger charge is -2.21. The number of carbonyl (C=O) groups is 1. The van der Waals surface area contributed by atoms with Gasteiger partial charge < -0.3 is 14.4 Å². The molecule has 2 heterocycles. The second-order valence-electron chi connectivity index (χ2n) is 4.10. The van der Waals surface area contributed by atoms with Crippen molar-refractivity contribution in [3.8, 4) is 0 Å². The van der Waals surface area contributed by atoms with Crippen LogP contribution in [0.15, 0.2) is 10.6 Å². The van der Waals surface area contributed by atoms with Gasteiger partial charge in [0.25, 0.3) is 0 Å². The average molecular weight is 275 g/mol. The summed E-state index contributed by atoms with van der Waals surface area (Å²) in [6.45, 7) is 0.862. The van der Waals surface area contributed by atoms with Crippen LogP contribution in [0, 0.1) is 0 Å². The van der Waals surface area contributed by atoms with Gasteiger partial charge >= 0.3 is 5.97 Å². The van der Waals surface area contributed by atoms with Crippen molar-refractivity contribution in [1.82, 2.24) is 5.16 Å². The summed E-state index contributed by atoms with van der Waals surface area (Å²) < 4.78 is 33.9. The van der Waals surface area contributed by atoms with Crippen molar-refractivity contribution in [2.75, 3.05) is 13.2 Å². The van der Waals surface area contributed by atoms with Gasteiger partial charge in [-0.2, -0.15) is 0 Å². The van der Waals surface area contributed by atoms with E-state index in [-0.39, 0.29) is 17.2 Å². The van der Waals surface area contributed by atoms with E-state index in [1.807, 2.05) is 0 Å². The third-order valence-electron chi connectivity index (χ3n) is 2.80. The molecule has 1 aromatic rings. The quantitative estimate of drug-likeness (QED) is 0.850. The Hall–Kier alpha value is -1.41. The first-order chi connectivity index (χ1) is 8.49. The predicted molar refractivity (Wildman–Crippen MR) is 59.9 cm³/mol. The number of aromatic carboxylic acids is 1. The Morgan fingerprint density at radius 2 is 2.11 bits per heavy atom. The summed E-state index contributed by atoms with van der Waals surface area (Å²) in [6, 6.07) is 1.14. The molecule has 1 aromatic heterocycles. The topological polar surface area (TPSA) is 107 Å². The molecule has 1 saturated heterocycles. The fourth-order valence-electron chi connectivity index (χ4n) is 1.83. The van der Waals surface area contributed by atoms with Gasteiger partial charge in [0, 0.05) is 19.3 Å². The van der Waals surface area contributed by atoms with Gasteiger partial charge in [-0.1, -0.05) is 5.16 Å². The van der Waals surface area contributed by atoms with Crippen LogP contribution >= 0.6 is 0 Å². The molecule has 100 valence electrons. The Balaban J connectivity index is 2.08. The molecule has 0 atom stereocenters. The van der Waals surface area contributed by atoms with Crippen LogP contribution in [0.25, 0.3) is 0 Å². The van der Waals surface area contributed by atoms with E-state index < -0.39 is 21.1 Å². The maximum Gasteiger partial charge on any atom is 0.358 e. The molecule has 0 aromatic carbocycles. The maximum atomic E-state index is 12.0. The molecule has 0 spiro atoms. The summed E-state index contributed by atoms with van der Waals surface area (Å²) in [4.78, 5) is 10.6. The maximum absolute atomic E-state index is 12.0. The molecule has 0 bridgehead atoms. The molecule has 7 nitrogen and oxygen atoms in total. The van der Waals surface area contributed by atoms with E-state index in [1.54, 1.807) is 0 Å². The van der Waals surface area contributed by atoms with Crippen LogP contribution in [-0.4, -0.2) is 43.1 Å². The van der Waals surface area contributed by atoms with Crippen molar-refractivity contribution in [3.05, 3.63) is 17.5 Å². The SMILES string of the molecule is O=C(O)c1cc(CS(=O)(=O)C2CCOCC2)on1. The second kappa shape index (κ2) is 5.07. The predicted octanol–water partition coefficient (Wildman–Crippen LogP) is 0.467. The standard InChI is InChI=1S/C10H13NO6S/c12-10(13)9-5-7(17-11-9)6-18(14,15)8-1-3-16-4-2-8/h5,8H,1-4,6H2,(H,12,13). The fourth-order valence-corrected chi connectivity index (χ4v) is 3.51. The van der Waals surface area contributed by atoms with Crippen LogP contribution in [-0.2, 0) is 20.3 Å². The Morgan fingerprint density at radius 1 is 1.44 bits per heavy atom. The van der Waals surface area contributed by atoms with Crippen LogP contribution in [0.5, 0.6) is 0 Å². The largest absolute Gasteiger partial charge is 0.476 e. The highest BCUT2D eigenvalue weighted by Gasteiger charge is 2.29. The van der Waals surface area contributed by atoms with Gasteiger partial charge in [-0.3, -0.25) is 0 Å². The van der Waals surface area contributed by atoms with Crippen molar-refractivity contribution in [2.24, 2.45) is 0 Å². The minimum Gasteiger partial charge on any atom is -0.476 e. The molecule has 1 N–H and O–H groups in total. The summed E-state index contributed by atoms with van der Waals surface area (Å²) in [5, 5.41) is 11.5. The molecule has 1 aliphatic heterocycles. The Bertz CT molecular complexity index is 528. The monoisotopic (exact) mass is 275 g/mol. The lowest BCUT2D eigenvalue weighted by atomic mass is 10.2. The minimum absolute atomic E-state index is 0.0545. The molecule has 1 aliphatic rings. The number of rotatable bonds is 4. The first kappa shape index (κ1) is 13.0. The normalized spacial score (nSPS) is 17.8. The van der Waals surface area contributed by atoms with Gasteiger partial charge in [-0.15, -0.1) is 0 Å². The van der Waals surface area contributed by atoms with Crippen molar-refractivity contribution in [1.29, 1.82) is 0 Å². The molecule has 0 radical (unpaired) electrons. The molecule has 1 fully saturated rings. The van der Waals surface area contributed by atoms with Crippen molar-refractivity contribution in [3.63, 3.8) is 0 Å². The number of carboxylic acids is 1. The van der Waals surface area contributed by atoms with E-state index in [1.165, 1.54) is 0 Å². The van der Waals surface area contributed by atoms with E-state index in [9.17, 15) is 13.2 Å². The highest BCUT2D eigenvalue weighted by atomic mass is 32.2. The van der Waals surface area contributed by atoms with Crippen LogP contribution < -0.4 is 0 Å². The third-order valence-corrected chi connectivity index (χ3v) is 4.97. The molecule has 0 saturated carbocycles. The highest BCUT2D eigenvalue weighted by molar-refractivity contribution is 7.91. The number of ether oxygens (including phenoxy) is 1. The zero-order valence-corrected chi connectivity index (χ0v) is 10.4. The molecule has 0 amide bonds. The first-order valence-corrected chi connectivity index (χ1v) is 7.19. The number of sulfone groups is 1. The molecular weight excluding hydrogens is 262 g/mol. The lowest BCUT2D eigenvalue weighted by molar-refractivity contribution is 0.0685. The zero-order valence-electron chi connectivity index (χ0n) is 9.53. The van der Waals surface area contributed by atoms with Crippen molar-refractivity contribution >= 4 is 15.8 Å². The van der Waals surface area contributed by atoms with Crippen LogP contribution in [0.3, 0.4) is 0 Å². The summed E-state index contributed by atoms with van der Waals surface area (Å²) in [5.41, 5.74) is -0.285. The summed E-state index contributed by atoms with van der Waals surface area (Å²) >= 11 is 0. The van der Waals surface area contributed by atoms with Gasteiger partial charge in [0.05, 0.1) is 5.25 Å². The average Bonchev–Trinajstić information content (AvgIpc) is 2.78. The van der Waals surface area contributed by atoms with Crippen molar-refractivity contribution < 1.29 is 27.6 Å². The third kappa shape index (κ3) is 2.88. The fraction of sp³-hybridized carbons (Fsp3) is 0.600. The lowest BCUT2D eigenvalue weighted by Crippen LogP contribution is -2.29. The second-order valence-corrected chi connectivity index (χ2v) is 6.38. The number of aromatic nitrogens is 1.